The minimum absolute atomic E-state index is 0.558. The zero-order valence-corrected chi connectivity index (χ0v) is 16.6. The fraction of sp³-hybridized carbons (Fsp3) is 0.0526. The number of hydrogen-bond donors (Lipinski definition) is 1. The van der Waals surface area contributed by atoms with E-state index in [0.717, 1.165) is 16.1 Å². The third kappa shape index (κ3) is 4.60. The van der Waals surface area contributed by atoms with Crippen molar-refractivity contribution >= 4 is 58.3 Å². The zero-order valence-electron chi connectivity index (χ0n) is 13.4. The van der Waals surface area contributed by atoms with Gasteiger partial charge < -0.3 is 5.32 Å². The second-order valence-corrected chi connectivity index (χ2v) is 7.75. The normalized spacial score (nSPS) is 10.8. The van der Waals surface area contributed by atoms with Crippen LogP contribution in [0.5, 0.6) is 0 Å². The van der Waals surface area contributed by atoms with Crippen molar-refractivity contribution in [2.45, 2.75) is 10.8 Å². The Morgan fingerprint density at radius 2 is 1.85 bits per heavy atom. The Balaban J connectivity index is 1.71. The fourth-order valence-electron chi connectivity index (χ4n) is 2.16. The summed E-state index contributed by atoms with van der Waals surface area (Å²) in [6.45, 7) is 0. The first-order valence-corrected chi connectivity index (χ1v) is 10.1. The van der Waals surface area contributed by atoms with E-state index < -0.39 is 0 Å². The van der Waals surface area contributed by atoms with E-state index in [4.69, 9.17) is 23.2 Å². The third-order valence-corrected chi connectivity index (χ3v) is 6.11. The number of hydrogen-bond acceptors (Lipinski definition) is 5. The molecule has 1 N–H and O–H groups in total. The molecule has 0 atom stereocenters. The van der Waals surface area contributed by atoms with E-state index in [2.05, 4.69) is 15.8 Å². The molecule has 3 aromatic rings. The quantitative estimate of drug-likeness (QED) is 0.453. The van der Waals surface area contributed by atoms with Crippen molar-refractivity contribution in [3.63, 3.8) is 0 Å². The number of nitrogens with one attached hydrogen (secondary N) is 1. The Morgan fingerprint density at radius 1 is 1.12 bits per heavy atom. The molecular formula is C19H13Cl2N3S2. The summed E-state index contributed by atoms with van der Waals surface area (Å²) in [6, 6.07) is 17.5. The van der Waals surface area contributed by atoms with Gasteiger partial charge in [0.2, 0.25) is 0 Å². The molecule has 3 rings (SSSR count). The molecule has 0 aliphatic carbocycles. The van der Waals surface area contributed by atoms with Gasteiger partial charge in [-0.1, -0.05) is 59.2 Å². The van der Waals surface area contributed by atoms with Crippen molar-refractivity contribution in [1.29, 1.82) is 5.26 Å². The van der Waals surface area contributed by atoms with Crippen molar-refractivity contribution in [3.05, 3.63) is 80.8 Å². The summed E-state index contributed by atoms with van der Waals surface area (Å²) in [7, 11) is 0. The van der Waals surface area contributed by atoms with E-state index in [-0.39, 0.29) is 0 Å². The van der Waals surface area contributed by atoms with Crippen LogP contribution in [-0.4, -0.2) is 4.37 Å². The molecule has 0 saturated carbocycles. The monoisotopic (exact) mass is 417 g/mol. The highest BCUT2D eigenvalue weighted by Gasteiger charge is 2.14. The number of aromatic nitrogens is 1. The Kier molecular flexibility index (Phi) is 6.59. The SMILES string of the molecule is N#Cc1c(SCc2c(Cl)cccc2Cl)nsc1/C=C/Nc1ccccc1. The average molecular weight is 418 g/mol. The van der Waals surface area contributed by atoms with Crippen LogP contribution in [0.3, 0.4) is 0 Å². The zero-order chi connectivity index (χ0) is 18.4. The number of nitrogens with zero attached hydrogens (tertiary/aromatic N) is 2. The van der Waals surface area contributed by atoms with Crippen LogP contribution in [0.25, 0.3) is 6.08 Å². The molecular weight excluding hydrogens is 405 g/mol. The molecule has 0 bridgehead atoms. The van der Waals surface area contributed by atoms with E-state index in [9.17, 15) is 5.26 Å². The summed E-state index contributed by atoms with van der Waals surface area (Å²) in [5.74, 6) is 0.558. The number of para-hydroxylation sites is 1. The second kappa shape index (κ2) is 9.11. The van der Waals surface area contributed by atoms with Crippen LogP contribution in [0, 0.1) is 11.3 Å². The van der Waals surface area contributed by atoms with Gasteiger partial charge in [0, 0.05) is 27.7 Å². The third-order valence-electron chi connectivity index (χ3n) is 3.47. The first-order chi connectivity index (χ1) is 12.7. The number of thioether (sulfide) groups is 1. The lowest BCUT2D eigenvalue weighted by Gasteiger charge is -2.05. The fourth-order valence-corrected chi connectivity index (χ4v) is 4.77. The Hall–Kier alpha value is -1.97. The van der Waals surface area contributed by atoms with Gasteiger partial charge in [-0.05, 0) is 47.4 Å². The van der Waals surface area contributed by atoms with E-state index >= 15 is 0 Å². The standard InChI is InChI=1S/C19H13Cl2N3S2/c20-16-7-4-8-17(21)15(16)12-25-19-14(11-22)18(26-24-19)9-10-23-13-5-2-1-3-6-13/h1-10,23H,12H2/b10-9+. The van der Waals surface area contributed by atoms with E-state index in [1.807, 2.05) is 48.7 Å². The van der Waals surface area contributed by atoms with Crippen LogP contribution in [0.4, 0.5) is 5.69 Å². The van der Waals surface area contributed by atoms with Gasteiger partial charge in [-0.25, -0.2) is 0 Å². The number of nitriles is 1. The van der Waals surface area contributed by atoms with Crippen LogP contribution in [0.15, 0.2) is 59.8 Å². The molecule has 130 valence electrons. The van der Waals surface area contributed by atoms with Crippen LogP contribution < -0.4 is 5.32 Å². The van der Waals surface area contributed by atoms with Gasteiger partial charge in [0.1, 0.15) is 16.7 Å². The smallest absolute Gasteiger partial charge is 0.129 e. The highest BCUT2D eigenvalue weighted by Crippen LogP contribution is 2.34. The molecule has 0 aliphatic heterocycles. The highest BCUT2D eigenvalue weighted by molar-refractivity contribution is 7.98. The lowest BCUT2D eigenvalue weighted by atomic mass is 10.2. The molecule has 0 aliphatic rings. The maximum absolute atomic E-state index is 9.51. The predicted molar refractivity (Wildman–Crippen MR) is 112 cm³/mol. The molecule has 0 spiro atoms. The van der Waals surface area contributed by atoms with Crippen LogP contribution in [0.1, 0.15) is 16.0 Å². The van der Waals surface area contributed by atoms with Crippen molar-refractivity contribution < 1.29 is 0 Å². The second-order valence-electron chi connectivity index (χ2n) is 5.17. The summed E-state index contributed by atoms with van der Waals surface area (Å²) in [5.41, 5.74) is 2.39. The van der Waals surface area contributed by atoms with Gasteiger partial charge in [-0.3, -0.25) is 0 Å². The molecule has 0 saturated heterocycles. The van der Waals surface area contributed by atoms with E-state index in [1.165, 1.54) is 23.3 Å². The van der Waals surface area contributed by atoms with Crippen LogP contribution in [-0.2, 0) is 5.75 Å². The maximum atomic E-state index is 9.51. The van der Waals surface area contributed by atoms with Crippen molar-refractivity contribution in [3.8, 4) is 6.07 Å². The number of rotatable bonds is 6. The minimum Gasteiger partial charge on any atom is -0.362 e. The Labute approximate surface area is 170 Å². The van der Waals surface area contributed by atoms with Gasteiger partial charge in [0.15, 0.2) is 0 Å². The van der Waals surface area contributed by atoms with Gasteiger partial charge in [-0.2, -0.15) is 9.64 Å². The molecule has 2 aromatic carbocycles. The Morgan fingerprint density at radius 3 is 2.54 bits per heavy atom. The summed E-state index contributed by atoms with van der Waals surface area (Å²) in [4.78, 5) is 0.809. The predicted octanol–water partition coefficient (Wildman–Crippen LogP) is 6.70. The number of halogens is 2. The maximum Gasteiger partial charge on any atom is 0.129 e. The summed E-state index contributed by atoms with van der Waals surface area (Å²) < 4.78 is 4.40. The van der Waals surface area contributed by atoms with Gasteiger partial charge in [0.05, 0.1) is 4.88 Å². The topological polar surface area (TPSA) is 48.7 Å². The largest absolute Gasteiger partial charge is 0.362 e. The first-order valence-electron chi connectivity index (χ1n) is 7.62. The molecule has 7 heteroatoms. The molecule has 0 fully saturated rings. The number of benzene rings is 2. The molecule has 1 aromatic heterocycles. The summed E-state index contributed by atoms with van der Waals surface area (Å²) >= 11 is 15.2. The molecule has 0 unspecified atom stereocenters. The van der Waals surface area contributed by atoms with Gasteiger partial charge in [-0.15, -0.1) is 0 Å². The lowest BCUT2D eigenvalue weighted by molar-refractivity contribution is 1.24. The minimum atomic E-state index is 0.558. The number of anilines is 1. The van der Waals surface area contributed by atoms with Crippen molar-refractivity contribution in [2.24, 2.45) is 0 Å². The van der Waals surface area contributed by atoms with E-state index in [1.54, 1.807) is 12.1 Å². The van der Waals surface area contributed by atoms with Gasteiger partial charge in [0.25, 0.3) is 0 Å². The molecule has 1 heterocycles. The van der Waals surface area contributed by atoms with Gasteiger partial charge >= 0.3 is 0 Å². The van der Waals surface area contributed by atoms with Crippen LogP contribution in [0.2, 0.25) is 10.0 Å². The lowest BCUT2D eigenvalue weighted by Crippen LogP contribution is -1.87. The molecule has 3 nitrogen and oxygen atoms in total. The van der Waals surface area contributed by atoms with Crippen molar-refractivity contribution in [2.75, 3.05) is 5.32 Å². The van der Waals surface area contributed by atoms with Crippen LogP contribution >= 0.6 is 46.5 Å². The molecule has 26 heavy (non-hydrogen) atoms. The summed E-state index contributed by atoms with van der Waals surface area (Å²) in [5, 5.41) is 14.6. The summed E-state index contributed by atoms with van der Waals surface area (Å²) in [6.07, 6.45) is 3.67. The molecule has 0 amide bonds. The average Bonchev–Trinajstić information content (AvgIpc) is 3.04. The Bertz CT molecular complexity index is 942. The molecule has 0 radical (unpaired) electrons. The highest BCUT2D eigenvalue weighted by atomic mass is 35.5. The van der Waals surface area contributed by atoms with Crippen molar-refractivity contribution in [1.82, 2.24) is 4.37 Å². The van der Waals surface area contributed by atoms with E-state index in [0.29, 0.717) is 26.4 Å². The first kappa shape index (κ1) is 18.8.